The van der Waals surface area contributed by atoms with Crippen molar-refractivity contribution in [3.63, 3.8) is 0 Å². The Morgan fingerprint density at radius 3 is 2.66 bits per heavy atom. The van der Waals surface area contributed by atoms with Gasteiger partial charge in [0.2, 0.25) is 0 Å². The molecule has 0 aliphatic carbocycles. The van der Waals surface area contributed by atoms with Crippen molar-refractivity contribution in [3.05, 3.63) is 58.9 Å². The summed E-state index contributed by atoms with van der Waals surface area (Å²) in [7, 11) is 0. The number of aromatic nitrogens is 1. The van der Waals surface area contributed by atoms with Crippen molar-refractivity contribution in [2.75, 3.05) is 13.2 Å². The van der Waals surface area contributed by atoms with Gasteiger partial charge in [0.1, 0.15) is 5.54 Å². The molecule has 2 aliphatic rings. The third kappa shape index (κ3) is 4.35. The van der Waals surface area contributed by atoms with E-state index in [1.807, 2.05) is 50.2 Å². The first-order valence-corrected chi connectivity index (χ1v) is 11.3. The monoisotopic (exact) mass is 437 g/mol. The van der Waals surface area contributed by atoms with E-state index in [0.29, 0.717) is 24.9 Å². The van der Waals surface area contributed by atoms with Crippen LogP contribution in [0.25, 0.3) is 0 Å². The predicted molar refractivity (Wildman–Crippen MR) is 121 cm³/mol. The van der Waals surface area contributed by atoms with Gasteiger partial charge in [-0.25, -0.2) is 4.79 Å². The van der Waals surface area contributed by atoms with Crippen LogP contribution in [-0.4, -0.2) is 52.0 Å². The number of rotatable bonds is 8. The normalized spacial score (nSPS) is 23.1. The molecule has 1 aromatic heterocycles. The molecule has 7 nitrogen and oxygen atoms in total. The third-order valence-electron chi connectivity index (χ3n) is 6.69. The maximum atomic E-state index is 13.1. The van der Waals surface area contributed by atoms with Gasteiger partial charge < -0.3 is 14.6 Å². The number of urea groups is 1. The molecule has 4 rings (SSSR count). The number of nitrogens with one attached hydrogen (secondary N) is 1. The van der Waals surface area contributed by atoms with E-state index in [0.717, 1.165) is 41.3 Å². The van der Waals surface area contributed by atoms with E-state index >= 15 is 0 Å². The second-order valence-corrected chi connectivity index (χ2v) is 9.09. The fraction of sp³-hybridized carbons (Fsp3) is 0.480. The molecule has 0 bridgehead atoms. The molecular formula is C25H31N3O4. The minimum Gasteiger partial charge on any atom is -0.376 e. The lowest BCUT2D eigenvalue weighted by atomic mass is 9.93. The highest BCUT2D eigenvalue weighted by atomic mass is 16.5. The lowest BCUT2D eigenvalue weighted by Crippen LogP contribution is -2.44. The van der Waals surface area contributed by atoms with Gasteiger partial charge in [0, 0.05) is 30.1 Å². The zero-order valence-corrected chi connectivity index (χ0v) is 19.0. The fourth-order valence-corrected chi connectivity index (χ4v) is 4.68. The Labute approximate surface area is 188 Å². The smallest absolute Gasteiger partial charge is 0.325 e. The van der Waals surface area contributed by atoms with Gasteiger partial charge in [-0.1, -0.05) is 30.3 Å². The zero-order chi connectivity index (χ0) is 22.9. The summed E-state index contributed by atoms with van der Waals surface area (Å²) in [6, 6.07) is 11.2. The molecular weight excluding hydrogens is 406 g/mol. The van der Waals surface area contributed by atoms with Crippen molar-refractivity contribution in [2.24, 2.45) is 0 Å². The molecule has 3 amide bonds. The number of nitrogens with zero attached hydrogens (tertiary/aromatic N) is 2. The lowest BCUT2D eigenvalue weighted by molar-refractivity contribution is -0.130. The molecule has 3 heterocycles. The summed E-state index contributed by atoms with van der Waals surface area (Å²) in [6.45, 7) is 6.85. The van der Waals surface area contributed by atoms with E-state index < -0.39 is 11.6 Å². The predicted octanol–water partition coefficient (Wildman–Crippen LogP) is 3.41. The molecule has 170 valence electrons. The Morgan fingerprint density at radius 2 is 1.97 bits per heavy atom. The van der Waals surface area contributed by atoms with E-state index in [2.05, 4.69) is 9.88 Å². The van der Waals surface area contributed by atoms with Gasteiger partial charge in [-0.05, 0) is 58.1 Å². The number of carbonyl (C=O) groups excluding carboxylic acids is 3. The topological polar surface area (TPSA) is 80.6 Å². The molecule has 32 heavy (non-hydrogen) atoms. The van der Waals surface area contributed by atoms with Gasteiger partial charge in [0.25, 0.3) is 5.91 Å². The molecule has 2 saturated heterocycles. The largest absolute Gasteiger partial charge is 0.376 e. The number of ketones is 1. The standard InChI is InChI=1S/C25H31N3O4/c1-17-14-21(18(2)27(17)15-20-10-7-13-32-20)22(29)16-28-23(30)25(3,26-24(28)31)12-11-19-8-5-4-6-9-19/h4-6,8-9,14,20H,7,10-13,15-16H2,1-3H3,(H,26,31)/t20-,25-/m0/s1. The zero-order valence-electron chi connectivity index (χ0n) is 19.0. The molecule has 0 saturated carbocycles. The number of hydrogen-bond acceptors (Lipinski definition) is 4. The van der Waals surface area contributed by atoms with Crippen LogP contribution >= 0.6 is 0 Å². The minimum absolute atomic E-state index is 0.166. The van der Waals surface area contributed by atoms with Gasteiger partial charge in [0.05, 0.1) is 12.6 Å². The highest BCUT2D eigenvalue weighted by Crippen LogP contribution is 2.25. The van der Waals surface area contributed by atoms with Gasteiger partial charge in [-0.2, -0.15) is 0 Å². The summed E-state index contributed by atoms with van der Waals surface area (Å²) in [6.07, 6.45) is 3.38. The summed E-state index contributed by atoms with van der Waals surface area (Å²) < 4.78 is 7.83. The van der Waals surface area contributed by atoms with Crippen LogP contribution < -0.4 is 5.32 Å². The van der Waals surface area contributed by atoms with Crippen molar-refractivity contribution >= 4 is 17.7 Å². The Morgan fingerprint density at radius 1 is 1.22 bits per heavy atom. The number of amides is 3. The van der Waals surface area contributed by atoms with Gasteiger partial charge in [0.15, 0.2) is 5.78 Å². The van der Waals surface area contributed by atoms with Gasteiger partial charge >= 0.3 is 6.03 Å². The average Bonchev–Trinajstić information content (AvgIpc) is 3.44. The van der Waals surface area contributed by atoms with Crippen LogP contribution in [-0.2, 0) is 22.5 Å². The number of aryl methyl sites for hydroxylation is 2. The second kappa shape index (κ2) is 8.90. The molecule has 1 aromatic carbocycles. The van der Waals surface area contributed by atoms with E-state index in [1.54, 1.807) is 6.92 Å². The minimum atomic E-state index is -1.01. The highest BCUT2D eigenvalue weighted by molar-refractivity contribution is 6.11. The molecule has 2 aromatic rings. The lowest BCUT2D eigenvalue weighted by Gasteiger charge is -2.21. The Balaban J connectivity index is 1.44. The van der Waals surface area contributed by atoms with Crippen LogP contribution in [0.5, 0.6) is 0 Å². The number of carbonyl (C=O) groups is 3. The molecule has 0 radical (unpaired) electrons. The van der Waals surface area contributed by atoms with Crippen molar-refractivity contribution < 1.29 is 19.1 Å². The van der Waals surface area contributed by atoms with Crippen molar-refractivity contribution in [1.82, 2.24) is 14.8 Å². The number of imide groups is 1. The Bertz CT molecular complexity index is 1020. The van der Waals surface area contributed by atoms with Crippen LogP contribution in [0.15, 0.2) is 36.4 Å². The average molecular weight is 438 g/mol. The van der Waals surface area contributed by atoms with Gasteiger partial charge in [-0.15, -0.1) is 0 Å². The third-order valence-corrected chi connectivity index (χ3v) is 6.69. The first-order valence-electron chi connectivity index (χ1n) is 11.3. The first kappa shape index (κ1) is 22.3. The molecule has 2 atom stereocenters. The number of hydrogen-bond donors (Lipinski definition) is 1. The van der Waals surface area contributed by atoms with E-state index in [-0.39, 0.29) is 24.3 Å². The fourth-order valence-electron chi connectivity index (χ4n) is 4.68. The van der Waals surface area contributed by atoms with Crippen molar-refractivity contribution in [1.29, 1.82) is 0 Å². The number of Topliss-reactive ketones (excluding diaryl/α,β-unsaturated/α-hetero) is 1. The SMILES string of the molecule is Cc1cc(C(=O)CN2C(=O)N[C@@](C)(CCc3ccccc3)C2=O)c(C)n1C[C@@H]1CCCO1. The number of ether oxygens (including phenoxy) is 1. The van der Waals surface area contributed by atoms with Crippen LogP contribution in [0.1, 0.15) is 53.5 Å². The van der Waals surface area contributed by atoms with E-state index in [4.69, 9.17) is 4.74 Å². The Hall–Kier alpha value is -2.93. The first-order chi connectivity index (χ1) is 15.3. The summed E-state index contributed by atoms with van der Waals surface area (Å²) in [5.74, 6) is -0.576. The number of benzene rings is 1. The summed E-state index contributed by atoms with van der Waals surface area (Å²) >= 11 is 0. The molecule has 1 N–H and O–H groups in total. The van der Waals surface area contributed by atoms with E-state index in [1.165, 1.54) is 0 Å². The van der Waals surface area contributed by atoms with Crippen LogP contribution in [0, 0.1) is 13.8 Å². The molecule has 0 spiro atoms. The maximum Gasteiger partial charge on any atom is 0.325 e. The summed E-state index contributed by atoms with van der Waals surface area (Å²) in [5.41, 5.74) is 2.47. The quantitative estimate of drug-likeness (QED) is 0.507. The van der Waals surface area contributed by atoms with Crippen molar-refractivity contribution in [2.45, 2.75) is 64.6 Å². The molecule has 7 heteroatoms. The van der Waals surface area contributed by atoms with Crippen LogP contribution in [0.4, 0.5) is 4.79 Å². The summed E-state index contributed by atoms with van der Waals surface area (Å²) in [4.78, 5) is 39.8. The molecule has 2 fully saturated rings. The summed E-state index contributed by atoms with van der Waals surface area (Å²) in [5, 5.41) is 2.80. The highest BCUT2D eigenvalue weighted by Gasteiger charge is 2.48. The van der Waals surface area contributed by atoms with Crippen molar-refractivity contribution in [3.8, 4) is 0 Å². The van der Waals surface area contributed by atoms with Gasteiger partial charge in [-0.3, -0.25) is 14.5 Å². The molecule has 0 unspecified atom stereocenters. The molecule has 2 aliphatic heterocycles. The Kier molecular flexibility index (Phi) is 6.20. The maximum absolute atomic E-state index is 13.1. The van der Waals surface area contributed by atoms with E-state index in [9.17, 15) is 14.4 Å². The van der Waals surface area contributed by atoms with Crippen LogP contribution in [0.3, 0.4) is 0 Å². The van der Waals surface area contributed by atoms with Crippen LogP contribution in [0.2, 0.25) is 0 Å². The second-order valence-electron chi connectivity index (χ2n) is 9.09.